The third-order valence-corrected chi connectivity index (χ3v) is 2.69. The quantitative estimate of drug-likeness (QED) is 0.713. The first kappa shape index (κ1) is 14.6. The molecule has 0 aromatic carbocycles. The minimum atomic E-state index is 0.0367. The summed E-state index contributed by atoms with van der Waals surface area (Å²) in [6.07, 6.45) is 3.33. The van der Waals surface area contributed by atoms with Gasteiger partial charge in [-0.05, 0) is 24.8 Å². The van der Waals surface area contributed by atoms with Crippen molar-refractivity contribution >= 4 is 5.91 Å². The van der Waals surface area contributed by atoms with E-state index in [1.54, 1.807) is 0 Å². The number of nitrogens with one attached hydrogen (secondary N) is 1. The first-order valence-electron chi connectivity index (χ1n) is 6.33. The highest BCUT2D eigenvalue weighted by Crippen LogP contribution is 2.13. The van der Waals surface area contributed by atoms with E-state index in [1.807, 2.05) is 0 Å². The lowest BCUT2D eigenvalue weighted by Gasteiger charge is -2.16. The molecule has 0 fully saturated rings. The molecule has 0 saturated carbocycles. The molecule has 6 heteroatoms. The second-order valence-corrected chi connectivity index (χ2v) is 4.88. The topological polar surface area (TPSA) is 94.0 Å². The predicted molar refractivity (Wildman–Crippen MR) is 67.6 cm³/mol. The second kappa shape index (κ2) is 7.81. The van der Waals surface area contributed by atoms with E-state index >= 15 is 0 Å². The first-order chi connectivity index (χ1) is 8.61. The van der Waals surface area contributed by atoms with Crippen molar-refractivity contribution in [1.82, 2.24) is 15.5 Å². The van der Waals surface area contributed by atoms with Crippen LogP contribution in [0.1, 0.15) is 32.5 Å². The zero-order valence-corrected chi connectivity index (χ0v) is 11.1. The molecule has 102 valence electrons. The normalized spacial score (nSPS) is 12.7. The Morgan fingerprint density at radius 3 is 2.89 bits per heavy atom. The number of carbonyl (C=O) groups is 1. The molecule has 3 N–H and O–H groups in total. The first-order valence-corrected chi connectivity index (χ1v) is 6.33. The third-order valence-electron chi connectivity index (χ3n) is 2.69. The fourth-order valence-electron chi connectivity index (χ4n) is 1.88. The van der Waals surface area contributed by atoms with Crippen molar-refractivity contribution in [2.24, 2.45) is 17.6 Å². The van der Waals surface area contributed by atoms with E-state index in [1.165, 1.54) is 6.39 Å². The summed E-state index contributed by atoms with van der Waals surface area (Å²) in [6.45, 7) is 5.35. The summed E-state index contributed by atoms with van der Waals surface area (Å²) in [5.41, 5.74) is 5.66. The summed E-state index contributed by atoms with van der Waals surface area (Å²) in [5.74, 6) is 1.46. The maximum absolute atomic E-state index is 11.7. The van der Waals surface area contributed by atoms with Gasteiger partial charge in [0.15, 0.2) is 5.82 Å². The molecular weight excluding hydrogens is 232 g/mol. The molecule has 0 radical (unpaired) electrons. The number of nitrogens with zero attached hydrogens (tertiary/aromatic N) is 2. The Hall–Kier alpha value is -1.43. The van der Waals surface area contributed by atoms with E-state index in [9.17, 15) is 4.79 Å². The minimum Gasteiger partial charge on any atom is -0.356 e. The van der Waals surface area contributed by atoms with E-state index in [4.69, 9.17) is 5.73 Å². The van der Waals surface area contributed by atoms with Crippen molar-refractivity contribution in [3.63, 3.8) is 0 Å². The highest BCUT2D eigenvalue weighted by molar-refractivity contribution is 5.76. The molecule has 1 aromatic rings. The van der Waals surface area contributed by atoms with Gasteiger partial charge in [0, 0.05) is 19.4 Å². The Morgan fingerprint density at radius 1 is 1.56 bits per heavy atom. The average molecular weight is 254 g/mol. The molecule has 1 aromatic heterocycles. The summed E-state index contributed by atoms with van der Waals surface area (Å²) in [5, 5.41) is 6.51. The van der Waals surface area contributed by atoms with E-state index in [0.717, 1.165) is 6.42 Å². The van der Waals surface area contributed by atoms with Crippen LogP contribution in [0.5, 0.6) is 0 Å². The Bertz CT molecular complexity index is 338. The maximum atomic E-state index is 11.7. The number of aromatic nitrogens is 2. The van der Waals surface area contributed by atoms with E-state index in [0.29, 0.717) is 37.7 Å². The summed E-state index contributed by atoms with van der Waals surface area (Å²) in [6, 6.07) is 0. The predicted octanol–water partition coefficient (Wildman–Crippen LogP) is 0.739. The van der Waals surface area contributed by atoms with Crippen LogP contribution in [0.2, 0.25) is 0 Å². The van der Waals surface area contributed by atoms with Crippen LogP contribution >= 0.6 is 0 Å². The third kappa shape index (κ3) is 5.77. The summed E-state index contributed by atoms with van der Waals surface area (Å²) >= 11 is 0. The number of rotatable bonds is 8. The molecule has 0 spiro atoms. The van der Waals surface area contributed by atoms with Gasteiger partial charge in [-0.2, -0.15) is 4.98 Å². The molecular formula is C12H22N4O2. The molecule has 0 aliphatic rings. The van der Waals surface area contributed by atoms with Gasteiger partial charge in [-0.3, -0.25) is 4.79 Å². The standard InChI is InChI=1S/C12H22N4O2/c1-9(2)5-10(7-13)6-12(17)14-4-3-11-15-8-18-16-11/h8-10H,3-7,13H2,1-2H3,(H,14,17)/t10-/m0/s1. The highest BCUT2D eigenvalue weighted by Gasteiger charge is 2.13. The fourth-order valence-corrected chi connectivity index (χ4v) is 1.88. The Labute approximate surface area is 107 Å². The Balaban J connectivity index is 2.19. The van der Waals surface area contributed by atoms with Gasteiger partial charge in [0.1, 0.15) is 0 Å². The van der Waals surface area contributed by atoms with E-state index in [-0.39, 0.29) is 11.8 Å². The minimum absolute atomic E-state index is 0.0367. The molecule has 0 aliphatic carbocycles. The van der Waals surface area contributed by atoms with Crippen LogP contribution in [0.3, 0.4) is 0 Å². The zero-order valence-electron chi connectivity index (χ0n) is 11.1. The molecule has 1 rings (SSSR count). The lowest BCUT2D eigenvalue weighted by molar-refractivity contribution is -0.122. The maximum Gasteiger partial charge on any atom is 0.220 e. The van der Waals surface area contributed by atoms with Crippen molar-refractivity contribution < 1.29 is 9.32 Å². The molecule has 18 heavy (non-hydrogen) atoms. The molecule has 1 atom stereocenters. The molecule has 1 amide bonds. The SMILES string of the molecule is CC(C)C[C@H](CN)CC(=O)NCCc1ncon1. The summed E-state index contributed by atoms with van der Waals surface area (Å²) < 4.78 is 4.61. The van der Waals surface area contributed by atoms with Crippen LogP contribution < -0.4 is 11.1 Å². The lowest BCUT2D eigenvalue weighted by Crippen LogP contribution is -2.30. The van der Waals surface area contributed by atoms with E-state index < -0.39 is 0 Å². The molecule has 0 saturated heterocycles. The van der Waals surface area contributed by atoms with Gasteiger partial charge in [-0.1, -0.05) is 19.0 Å². The van der Waals surface area contributed by atoms with Gasteiger partial charge in [0.2, 0.25) is 12.3 Å². The highest BCUT2D eigenvalue weighted by atomic mass is 16.5. The molecule has 1 heterocycles. The molecule has 0 unspecified atom stereocenters. The Morgan fingerprint density at radius 2 is 2.33 bits per heavy atom. The average Bonchev–Trinajstić information content (AvgIpc) is 2.80. The van der Waals surface area contributed by atoms with Crippen molar-refractivity contribution in [1.29, 1.82) is 0 Å². The number of nitrogens with two attached hydrogens (primary N) is 1. The number of amides is 1. The van der Waals surface area contributed by atoms with Crippen molar-refractivity contribution in [3.8, 4) is 0 Å². The van der Waals surface area contributed by atoms with Crippen LogP contribution in [0.25, 0.3) is 0 Å². The fraction of sp³-hybridized carbons (Fsp3) is 0.750. The number of hydrogen-bond acceptors (Lipinski definition) is 5. The van der Waals surface area contributed by atoms with Crippen LogP contribution in [0, 0.1) is 11.8 Å². The smallest absolute Gasteiger partial charge is 0.220 e. The lowest BCUT2D eigenvalue weighted by atomic mass is 9.94. The largest absolute Gasteiger partial charge is 0.356 e. The van der Waals surface area contributed by atoms with E-state index in [2.05, 4.69) is 33.8 Å². The van der Waals surface area contributed by atoms with Gasteiger partial charge < -0.3 is 15.6 Å². The molecule has 6 nitrogen and oxygen atoms in total. The van der Waals surface area contributed by atoms with Gasteiger partial charge >= 0.3 is 0 Å². The summed E-state index contributed by atoms with van der Waals surface area (Å²) in [7, 11) is 0. The number of hydrogen-bond donors (Lipinski definition) is 2. The van der Waals surface area contributed by atoms with Crippen molar-refractivity contribution in [2.45, 2.75) is 33.1 Å². The van der Waals surface area contributed by atoms with Gasteiger partial charge in [0.25, 0.3) is 0 Å². The summed E-state index contributed by atoms with van der Waals surface area (Å²) in [4.78, 5) is 15.6. The van der Waals surface area contributed by atoms with Gasteiger partial charge in [-0.15, -0.1) is 0 Å². The van der Waals surface area contributed by atoms with Crippen LogP contribution in [-0.4, -0.2) is 29.1 Å². The number of carbonyl (C=O) groups excluding carboxylic acids is 1. The van der Waals surface area contributed by atoms with Crippen molar-refractivity contribution in [2.75, 3.05) is 13.1 Å². The van der Waals surface area contributed by atoms with Gasteiger partial charge in [-0.25, -0.2) is 0 Å². The van der Waals surface area contributed by atoms with Crippen LogP contribution in [-0.2, 0) is 11.2 Å². The molecule has 0 bridgehead atoms. The molecule has 0 aliphatic heterocycles. The Kier molecular flexibility index (Phi) is 6.35. The zero-order chi connectivity index (χ0) is 13.4. The van der Waals surface area contributed by atoms with Crippen LogP contribution in [0.15, 0.2) is 10.9 Å². The van der Waals surface area contributed by atoms with Crippen LogP contribution in [0.4, 0.5) is 0 Å². The van der Waals surface area contributed by atoms with Gasteiger partial charge in [0.05, 0.1) is 0 Å². The van der Waals surface area contributed by atoms with Crippen molar-refractivity contribution in [3.05, 3.63) is 12.2 Å². The monoisotopic (exact) mass is 254 g/mol. The second-order valence-electron chi connectivity index (χ2n) is 4.88.